The number of ether oxygens (including phenoxy) is 1. The second-order valence-corrected chi connectivity index (χ2v) is 6.71. The molecule has 1 amide bonds. The van der Waals surface area contributed by atoms with E-state index in [1.165, 1.54) is 11.0 Å². The first-order chi connectivity index (χ1) is 13.2. The summed E-state index contributed by atoms with van der Waals surface area (Å²) in [4.78, 5) is 21.1. The van der Waals surface area contributed by atoms with Crippen LogP contribution in [0.4, 0.5) is 11.5 Å². The van der Waals surface area contributed by atoms with E-state index in [1.54, 1.807) is 24.5 Å². The van der Waals surface area contributed by atoms with Gasteiger partial charge in [0.1, 0.15) is 12.1 Å². The number of amides is 1. The molecule has 140 valence electrons. The van der Waals surface area contributed by atoms with Crippen molar-refractivity contribution in [3.63, 3.8) is 0 Å². The Kier molecular flexibility index (Phi) is 4.62. The predicted octanol–water partition coefficient (Wildman–Crippen LogP) is 1.97. The fourth-order valence-corrected chi connectivity index (χ4v) is 3.53. The molecule has 0 aliphatic carbocycles. The van der Waals surface area contributed by atoms with Crippen molar-refractivity contribution in [2.45, 2.75) is 19.3 Å². The number of fused-ring (bicyclic) bond motifs is 1. The molecule has 2 aliphatic rings. The molecule has 0 aromatic carbocycles. The van der Waals surface area contributed by atoms with Crippen molar-refractivity contribution in [3.05, 3.63) is 41.6 Å². The Bertz CT molecular complexity index is 932. The molecule has 2 N–H and O–H groups in total. The molecule has 0 atom stereocenters. The third-order valence-electron chi connectivity index (χ3n) is 4.97. The second-order valence-electron chi connectivity index (χ2n) is 6.71. The highest BCUT2D eigenvalue weighted by molar-refractivity contribution is 5.95. The van der Waals surface area contributed by atoms with Gasteiger partial charge in [-0.05, 0) is 31.4 Å². The summed E-state index contributed by atoms with van der Waals surface area (Å²) in [6, 6.07) is 5.30. The summed E-state index contributed by atoms with van der Waals surface area (Å²) >= 11 is 0. The van der Waals surface area contributed by atoms with E-state index < -0.39 is 0 Å². The third-order valence-corrected chi connectivity index (χ3v) is 4.97. The fraction of sp³-hybridized carbons (Fsp3) is 0.368. The van der Waals surface area contributed by atoms with Crippen LogP contribution in [0.2, 0.25) is 0 Å². The summed E-state index contributed by atoms with van der Waals surface area (Å²) in [5, 5.41) is 15.3. The quantitative estimate of drug-likeness (QED) is 0.641. The number of piperidine rings is 1. The number of hydrogen-bond donors (Lipinski definition) is 2. The highest BCUT2D eigenvalue weighted by atomic mass is 16.5. The van der Waals surface area contributed by atoms with E-state index in [2.05, 4.69) is 4.98 Å². The van der Waals surface area contributed by atoms with Crippen molar-refractivity contribution < 1.29 is 9.53 Å². The van der Waals surface area contributed by atoms with E-state index in [0.29, 0.717) is 30.3 Å². The van der Waals surface area contributed by atoms with Crippen molar-refractivity contribution in [2.75, 3.05) is 31.1 Å². The van der Waals surface area contributed by atoms with Gasteiger partial charge in [0.05, 0.1) is 18.4 Å². The Labute approximate surface area is 157 Å². The molecule has 2 aliphatic heterocycles. The van der Waals surface area contributed by atoms with Crippen LogP contribution in [-0.2, 0) is 0 Å². The number of nitrogens with one attached hydrogen (secondary N) is 2. The van der Waals surface area contributed by atoms with Crippen LogP contribution in [-0.4, -0.2) is 52.9 Å². The number of rotatable bonds is 3. The molecule has 8 heteroatoms. The molecule has 1 saturated heterocycles. The Morgan fingerprint density at radius 1 is 1.19 bits per heavy atom. The van der Waals surface area contributed by atoms with Crippen LogP contribution >= 0.6 is 0 Å². The van der Waals surface area contributed by atoms with Crippen LogP contribution < -0.4 is 15.1 Å². The lowest BCUT2D eigenvalue weighted by atomic mass is 10.1. The van der Waals surface area contributed by atoms with Gasteiger partial charge in [-0.25, -0.2) is 4.98 Å². The lowest BCUT2D eigenvalue weighted by Gasteiger charge is -2.31. The summed E-state index contributed by atoms with van der Waals surface area (Å²) in [6.45, 7) is 2.68. The molecule has 2 aromatic rings. The third kappa shape index (κ3) is 3.30. The number of pyridine rings is 2. The highest BCUT2D eigenvalue weighted by Gasteiger charge is 2.25. The molecule has 0 spiro atoms. The van der Waals surface area contributed by atoms with Crippen LogP contribution in [0.5, 0.6) is 5.75 Å². The Balaban J connectivity index is 1.63. The van der Waals surface area contributed by atoms with Crippen molar-refractivity contribution in [2.24, 2.45) is 0 Å². The van der Waals surface area contributed by atoms with Gasteiger partial charge < -0.3 is 14.5 Å². The monoisotopic (exact) mass is 366 g/mol. The maximum absolute atomic E-state index is 12.7. The first kappa shape index (κ1) is 17.3. The number of aromatic nitrogens is 2. The van der Waals surface area contributed by atoms with Gasteiger partial charge in [-0.2, -0.15) is 0 Å². The number of carbonyl (C=O) groups is 1. The molecule has 0 unspecified atom stereocenters. The molecule has 4 heterocycles. The molecular formula is C19H22N6O2. The summed E-state index contributed by atoms with van der Waals surface area (Å²) in [5.74, 6) is 1.23. The zero-order valence-electron chi connectivity index (χ0n) is 15.0. The van der Waals surface area contributed by atoms with Crippen molar-refractivity contribution in [1.82, 2.24) is 14.5 Å². The van der Waals surface area contributed by atoms with Crippen molar-refractivity contribution >= 4 is 23.8 Å². The van der Waals surface area contributed by atoms with Crippen LogP contribution in [0.25, 0.3) is 0 Å². The Hall–Kier alpha value is -3.16. The predicted molar refractivity (Wildman–Crippen MR) is 101 cm³/mol. The minimum absolute atomic E-state index is 0.00547. The van der Waals surface area contributed by atoms with E-state index in [4.69, 9.17) is 15.6 Å². The van der Waals surface area contributed by atoms with Crippen LogP contribution in [0, 0.1) is 10.8 Å². The van der Waals surface area contributed by atoms with Gasteiger partial charge in [0, 0.05) is 37.2 Å². The SMILES string of the molecule is N=Cn1ccc(N2CCOc3cc(C(=O)N4CCCCC4)cnc32)cc1=N. The molecule has 1 fully saturated rings. The lowest BCUT2D eigenvalue weighted by Crippen LogP contribution is -2.36. The van der Waals surface area contributed by atoms with Gasteiger partial charge in [-0.1, -0.05) is 0 Å². The molecule has 0 radical (unpaired) electrons. The van der Waals surface area contributed by atoms with E-state index in [-0.39, 0.29) is 11.4 Å². The molecular weight excluding hydrogens is 344 g/mol. The molecule has 4 rings (SSSR count). The maximum Gasteiger partial charge on any atom is 0.255 e. The summed E-state index contributed by atoms with van der Waals surface area (Å²) in [5.41, 5.74) is 1.58. The molecule has 2 aromatic heterocycles. The van der Waals surface area contributed by atoms with Gasteiger partial charge in [-0.15, -0.1) is 0 Å². The fourth-order valence-electron chi connectivity index (χ4n) is 3.53. The van der Waals surface area contributed by atoms with E-state index in [0.717, 1.165) is 38.0 Å². The minimum Gasteiger partial charge on any atom is -0.488 e. The number of likely N-dealkylation sites (tertiary alicyclic amines) is 1. The smallest absolute Gasteiger partial charge is 0.255 e. The summed E-state index contributed by atoms with van der Waals surface area (Å²) in [6.07, 6.45) is 7.66. The van der Waals surface area contributed by atoms with E-state index in [1.807, 2.05) is 15.9 Å². The zero-order valence-corrected chi connectivity index (χ0v) is 15.0. The van der Waals surface area contributed by atoms with Gasteiger partial charge in [-0.3, -0.25) is 20.2 Å². The number of anilines is 2. The summed E-state index contributed by atoms with van der Waals surface area (Å²) in [7, 11) is 0. The van der Waals surface area contributed by atoms with Crippen LogP contribution in [0.1, 0.15) is 29.6 Å². The second kappa shape index (κ2) is 7.22. The van der Waals surface area contributed by atoms with Crippen LogP contribution in [0.15, 0.2) is 30.6 Å². The average Bonchev–Trinajstić information content (AvgIpc) is 2.73. The van der Waals surface area contributed by atoms with Crippen molar-refractivity contribution in [1.29, 1.82) is 10.8 Å². The molecule has 0 bridgehead atoms. The average molecular weight is 366 g/mol. The molecule has 27 heavy (non-hydrogen) atoms. The maximum atomic E-state index is 12.7. The lowest BCUT2D eigenvalue weighted by molar-refractivity contribution is 0.0723. The first-order valence-corrected chi connectivity index (χ1v) is 9.14. The molecule has 8 nitrogen and oxygen atoms in total. The van der Waals surface area contributed by atoms with Gasteiger partial charge in [0.2, 0.25) is 0 Å². The standard InChI is InChI=1S/C19H22N6O2/c20-13-24-7-4-15(11-17(24)21)25-8-9-27-16-10-14(12-22-18(16)25)19(26)23-5-2-1-3-6-23/h4,7,10-13,20-21H,1-3,5-6,8-9H2. The minimum atomic E-state index is 0.00547. The van der Waals surface area contributed by atoms with Gasteiger partial charge >= 0.3 is 0 Å². The Morgan fingerprint density at radius 3 is 2.74 bits per heavy atom. The van der Waals surface area contributed by atoms with E-state index in [9.17, 15) is 4.79 Å². The highest BCUT2D eigenvalue weighted by Crippen LogP contribution is 2.35. The zero-order chi connectivity index (χ0) is 18.8. The largest absolute Gasteiger partial charge is 0.488 e. The van der Waals surface area contributed by atoms with E-state index >= 15 is 0 Å². The van der Waals surface area contributed by atoms with Crippen LogP contribution in [0.3, 0.4) is 0 Å². The molecule has 0 saturated carbocycles. The number of carbonyl (C=O) groups excluding carboxylic acids is 1. The van der Waals surface area contributed by atoms with Gasteiger partial charge in [0.15, 0.2) is 11.6 Å². The topological polar surface area (TPSA) is 98.3 Å². The normalized spacial score (nSPS) is 16.4. The van der Waals surface area contributed by atoms with Gasteiger partial charge in [0.25, 0.3) is 5.91 Å². The number of hydrogen-bond acceptors (Lipinski definition) is 6. The number of nitrogens with zero attached hydrogens (tertiary/aromatic N) is 4. The first-order valence-electron chi connectivity index (χ1n) is 9.14. The van der Waals surface area contributed by atoms with Crippen molar-refractivity contribution in [3.8, 4) is 5.75 Å². The Morgan fingerprint density at radius 2 is 2.00 bits per heavy atom. The summed E-state index contributed by atoms with van der Waals surface area (Å²) < 4.78 is 7.18.